The van der Waals surface area contributed by atoms with Crippen LogP contribution in [0.1, 0.15) is 129 Å². The molecule has 0 aromatic carbocycles. The van der Waals surface area contributed by atoms with E-state index in [-0.39, 0.29) is 42.5 Å². The number of aromatic nitrogens is 2. The van der Waals surface area contributed by atoms with Gasteiger partial charge in [-0.2, -0.15) is 0 Å². The summed E-state index contributed by atoms with van der Waals surface area (Å²) < 4.78 is 34.0. The smallest absolute Gasteiger partial charge is 0.465 e. The molecule has 0 saturated heterocycles. The predicted molar refractivity (Wildman–Crippen MR) is 184 cm³/mol. The van der Waals surface area contributed by atoms with E-state index in [4.69, 9.17) is 18.7 Å². The van der Waals surface area contributed by atoms with Crippen LogP contribution in [0.4, 0.5) is 0 Å². The van der Waals surface area contributed by atoms with Crippen molar-refractivity contribution in [3.8, 4) is 0 Å². The summed E-state index contributed by atoms with van der Waals surface area (Å²) >= 11 is 0. The Morgan fingerprint density at radius 3 is 2.20 bits per heavy atom. The molecule has 15 heteroatoms. The van der Waals surface area contributed by atoms with Crippen LogP contribution in [0.3, 0.4) is 0 Å². The topological polar surface area (TPSA) is 195 Å². The van der Waals surface area contributed by atoms with Crippen LogP contribution in [-0.2, 0) is 32.9 Å². The average molecular weight is 715 g/mol. The summed E-state index contributed by atoms with van der Waals surface area (Å²) in [4.78, 5) is 59.6. The van der Waals surface area contributed by atoms with Crippen molar-refractivity contribution in [2.75, 3.05) is 26.4 Å². The van der Waals surface area contributed by atoms with Gasteiger partial charge in [-0.1, -0.05) is 104 Å². The Labute approximate surface area is 289 Å². The molecule has 0 spiro atoms. The zero-order valence-corrected chi connectivity index (χ0v) is 30.1. The highest BCUT2D eigenvalue weighted by atomic mass is 31.1. The molecule has 1 aromatic rings. The van der Waals surface area contributed by atoms with Crippen molar-refractivity contribution < 1.29 is 42.9 Å². The van der Waals surface area contributed by atoms with E-state index in [2.05, 4.69) is 17.2 Å². The van der Waals surface area contributed by atoms with E-state index < -0.39 is 38.4 Å². The van der Waals surface area contributed by atoms with Crippen LogP contribution in [0.5, 0.6) is 0 Å². The minimum absolute atomic E-state index is 0.163. The van der Waals surface area contributed by atoms with Crippen LogP contribution >= 0.6 is 8.25 Å². The molecule has 278 valence electrons. The van der Waals surface area contributed by atoms with Gasteiger partial charge in [0.2, 0.25) is 12.0 Å². The number of aliphatic hydroxyl groups is 1. The lowest BCUT2D eigenvalue weighted by atomic mass is 10.0. The molecule has 1 aliphatic rings. The second-order valence-electron chi connectivity index (χ2n) is 12.5. The molecule has 0 bridgehead atoms. The molecule has 0 fully saturated rings. The monoisotopic (exact) mass is 714 g/mol. The number of unbranched alkanes of at least 4 members (excludes halogenated alkanes) is 14. The zero-order chi connectivity index (χ0) is 35.9. The van der Waals surface area contributed by atoms with Crippen LogP contribution in [0.15, 0.2) is 33.4 Å². The van der Waals surface area contributed by atoms with Crippen LogP contribution in [0.2, 0.25) is 0 Å². The summed E-state index contributed by atoms with van der Waals surface area (Å²) in [5.41, 5.74) is -1.41. The average Bonchev–Trinajstić information content (AvgIpc) is 3.40. The summed E-state index contributed by atoms with van der Waals surface area (Å²) in [6, 6.07) is 1.11. The van der Waals surface area contributed by atoms with Crippen LogP contribution in [0.25, 0.3) is 0 Å². The number of aliphatic hydroxyl groups excluding tert-OH is 1. The minimum atomic E-state index is -3.11. The molecular weight excluding hydrogens is 657 g/mol. The molecule has 2 rings (SSSR count). The zero-order valence-electron chi connectivity index (χ0n) is 29.2. The standard InChI is InChI=1S/C34H56N3O11P/c1-3-4-5-6-7-8-9-10-11-12-13-16-19-26(2)33(41)46-25-29(40)35-21-17-14-15-18-23-45-31-30(48-49(43)44)27(24-38)47-32(31)37-22-20-28(39)36-34(37)42/h20,22,26,31-32,38H,3-19,21,23-25H2,1-2H3,(H2-,35,36,39,40,42,43,44)/p+1. The van der Waals surface area contributed by atoms with Gasteiger partial charge >= 0.3 is 19.9 Å². The van der Waals surface area contributed by atoms with Gasteiger partial charge in [-0.25, -0.2) is 9.32 Å². The highest BCUT2D eigenvalue weighted by Gasteiger charge is 2.45. The van der Waals surface area contributed by atoms with Crippen LogP contribution in [-0.4, -0.2) is 63.9 Å². The van der Waals surface area contributed by atoms with Crippen molar-refractivity contribution in [2.45, 2.75) is 135 Å². The fraction of sp³-hybridized carbons (Fsp3) is 0.765. The molecule has 1 aromatic heterocycles. The number of esters is 1. The molecule has 0 aliphatic carbocycles. The Morgan fingerprint density at radius 2 is 1.59 bits per heavy atom. The van der Waals surface area contributed by atoms with Crippen molar-refractivity contribution in [1.29, 1.82) is 0 Å². The second-order valence-corrected chi connectivity index (χ2v) is 13.2. The summed E-state index contributed by atoms with van der Waals surface area (Å²) in [5, 5.41) is 12.4. The van der Waals surface area contributed by atoms with Crippen molar-refractivity contribution in [2.24, 2.45) is 5.92 Å². The van der Waals surface area contributed by atoms with E-state index >= 15 is 0 Å². The molecule has 0 radical (unpaired) electrons. The van der Waals surface area contributed by atoms with E-state index in [0.717, 1.165) is 42.7 Å². The molecule has 2 heterocycles. The van der Waals surface area contributed by atoms with Crippen molar-refractivity contribution >= 4 is 20.1 Å². The first-order chi connectivity index (χ1) is 23.7. The number of aromatic amines is 1. The first-order valence-corrected chi connectivity index (χ1v) is 19.0. The third kappa shape index (κ3) is 16.9. The number of amides is 1. The highest BCUT2D eigenvalue weighted by Crippen LogP contribution is 2.39. The number of hydrogen-bond acceptors (Lipinski definition) is 10. The highest BCUT2D eigenvalue weighted by molar-refractivity contribution is 7.32. The van der Waals surface area contributed by atoms with Gasteiger partial charge in [0, 0.05) is 30.0 Å². The summed E-state index contributed by atoms with van der Waals surface area (Å²) in [6.07, 6.45) is 17.6. The van der Waals surface area contributed by atoms with Crippen LogP contribution in [0, 0.1) is 5.92 Å². The van der Waals surface area contributed by atoms with Crippen molar-refractivity contribution in [3.05, 3.63) is 44.6 Å². The quantitative estimate of drug-likeness (QED) is 0.0502. The molecule has 1 amide bonds. The minimum Gasteiger partial charge on any atom is -0.465 e. The van der Waals surface area contributed by atoms with Gasteiger partial charge in [-0.3, -0.25) is 23.9 Å². The number of rotatable bonds is 28. The van der Waals surface area contributed by atoms with E-state index in [0.29, 0.717) is 19.4 Å². The summed E-state index contributed by atoms with van der Waals surface area (Å²) in [6.45, 7) is 3.70. The Bertz CT molecular complexity index is 1280. The molecule has 4 N–H and O–H groups in total. The lowest BCUT2D eigenvalue weighted by Gasteiger charge is -2.21. The fourth-order valence-corrected chi connectivity index (χ4v) is 5.98. The van der Waals surface area contributed by atoms with Gasteiger partial charge in [-0.05, 0) is 19.3 Å². The Morgan fingerprint density at radius 1 is 0.980 bits per heavy atom. The van der Waals surface area contributed by atoms with Gasteiger partial charge in [0.15, 0.2) is 18.5 Å². The van der Waals surface area contributed by atoms with Gasteiger partial charge in [-0.15, -0.1) is 4.89 Å². The fourth-order valence-electron chi connectivity index (χ4n) is 5.60. The largest absolute Gasteiger partial charge is 0.747 e. The second kappa shape index (κ2) is 25.0. The SMILES string of the molecule is CCCCCCCCCCCCCCC(C)C(=O)OCC(=O)NCCCCCCOC1C(O[P+](=O)O)=C(CO)OC1n1ccc(=O)[nH]c1=O. The number of nitrogens with zero attached hydrogens (tertiary/aromatic N) is 1. The Kier molecular flexibility index (Phi) is 21.5. The molecule has 14 nitrogen and oxygen atoms in total. The van der Waals surface area contributed by atoms with Crippen molar-refractivity contribution in [3.63, 3.8) is 0 Å². The van der Waals surface area contributed by atoms with E-state index in [1.165, 1.54) is 70.4 Å². The predicted octanol–water partition coefficient (Wildman–Crippen LogP) is 5.27. The van der Waals surface area contributed by atoms with Crippen LogP contribution < -0.4 is 16.6 Å². The van der Waals surface area contributed by atoms with Gasteiger partial charge in [0.1, 0.15) is 6.61 Å². The van der Waals surface area contributed by atoms with Gasteiger partial charge < -0.3 is 24.6 Å². The number of ether oxygens (including phenoxy) is 3. The molecular formula is C34H57N3O11P+. The van der Waals surface area contributed by atoms with E-state index in [1.54, 1.807) is 0 Å². The Hall–Kier alpha value is -3.06. The number of nitrogens with one attached hydrogen (secondary N) is 2. The number of carbonyl (C=O) groups is 2. The first kappa shape index (κ1) is 42.1. The van der Waals surface area contributed by atoms with Gasteiger partial charge in [0.05, 0.1) is 5.92 Å². The first-order valence-electron chi connectivity index (χ1n) is 17.9. The maximum atomic E-state index is 12.3. The van der Waals surface area contributed by atoms with Crippen molar-refractivity contribution in [1.82, 2.24) is 14.9 Å². The lowest BCUT2D eigenvalue weighted by molar-refractivity contribution is -0.152. The number of H-pyrrole nitrogens is 1. The number of carbonyl (C=O) groups excluding carboxylic acids is 2. The maximum absolute atomic E-state index is 12.3. The number of hydrogen-bond donors (Lipinski definition) is 4. The summed E-state index contributed by atoms with van der Waals surface area (Å²) in [7, 11) is -3.11. The normalized spacial score (nSPS) is 16.7. The van der Waals surface area contributed by atoms with E-state index in [1.807, 2.05) is 6.92 Å². The Balaban J connectivity index is 1.56. The maximum Gasteiger partial charge on any atom is 0.747 e. The molecule has 49 heavy (non-hydrogen) atoms. The molecule has 4 atom stereocenters. The summed E-state index contributed by atoms with van der Waals surface area (Å²) in [5.74, 6) is -1.31. The van der Waals surface area contributed by atoms with Gasteiger partial charge in [0.25, 0.3) is 11.5 Å². The molecule has 1 aliphatic heterocycles. The third-order valence-corrected chi connectivity index (χ3v) is 8.78. The molecule has 4 unspecified atom stereocenters. The lowest BCUT2D eigenvalue weighted by Crippen LogP contribution is -2.37. The molecule has 0 saturated carbocycles. The van der Waals surface area contributed by atoms with E-state index in [9.17, 15) is 33.7 Å². The third-order valence-electron chi connectivity index (χ3n) is 8.43.